The summed E-state index contributed by atoms with van der Waals surface area (Å²) in [6, 6.07) is 59.3. The smallest absolute Gasteiger partial charge is 0.135 e. The number of ether oxygens (including phenoxy) is 1. The molecule has 9 aromatic carbocycles. The third-order valence-electron chi connectivity index (χ3n) is 18.9. The van der Waals surface area contributed by atoms with E-state index >= 15 is 0 Å². The summed E-state index contributed by atoms with van der Waals surface area (Å²) in [6.45, 7) is 42.3. The Bertz CT molecular complexity index is 4670. The molecule has 0 saturated heterocycles. The maximum Gasteiger partial charge on any atom is 0.135 e. The van der Waals surface area contributed by atoms with Crippen molar-refractivity contribution in [2.24, 2.45) is 0 Å². The average Bonchev–Trinajstić information content (AvgIpc) is 1.57. The molecular formula is C83H85N4OPtSi-3. The van der Waals surface area contributed by atoms with E-state index in [1.807, 2.05) is 43.5 Å². The largest absolute Gasteiger partial charge is 0.509 e. The van der Waals surface area contributed by atoms with Gasteiger partial charge in [0.2, 0.25) is 0 Å². The second kappa shape index (κ2) is 22.3. The molecule has 0 N–H and O–H groups in total. The first kappa shape index (κ1) is 56.2. The summed E-state index contributed by atoms with van der Waals surface area (Å²) in [5.74, 6) is 1.81. The van der Waals surface area contributed by atoms with Crippen LogP contribution in [0, 0.1) is 39.6 Å². The third kappa shape index (κ3) is 10.5. The van der Waals surface area contributed by atoms with E-state index in [-0.39, 0.29) is 77.9 Å². The summed E-state index contributed by atoms with van der Waals surface area (Å²) < 4.78 is 53.1. The van der Waals surface area contributed by atoms with E-state index < -0.39 is 14.1 Å². The number of nitrogens with zero attached hydrogens (tertiary/aromatic N) is 4. The van der Waals surface area contributed by atoms with Crippen molar-refractivity contribution in [1.29, 1.82) is 0 Å². The van der Waals surface area contributed by atoms with Gasteiger partial charge in [-0.25, -0.2) is 4.98 Å². The Kier molecular flexibility index (Phi) is 13.9. The fraction of sp³-hybridized carbons (Fsp3) is 0.277. The molecule has 0 bridgehead atoms. The van der Waals surface area contributed by atoms with E-state index in [0.717, 1.165) is 56.4 Å². The minimum atomic E-state index is -3.13. The van der Waals surface area contributed by atoms with Gasteiger partial charge < -0.3 is 19.4 Å². The van der Waals surface area contributed by atoms with Gasteiger partial charge in [-0.2, -0.15) is 12.1 Å². The zero-order chi connectivity index (χ0) is 67.4. The van der Waals surface area contributed by atoms with Gasteiger partial charge >= 0.3 is 0 Å². The Morgan fingerprint density at radius 1 is 0.456 bits per heavy atom. The average molecular weight is 1380 g/mol. The number of anilines is 7. The number of para-hydroxylation sites is 3. The number of rotatable bonds is 7. The summed E-state index contributed by atoms with van der Waals surface area (Å²) in [5.41, 5.74) is 18.5. The van der Waals surface area contributed by atoms with Crippen molar-refractivity contribution in [3.8, 4) is 44.9 Å². The Morgan fingerprint density at radius 3 is 1.54 bits per heavy atom. The second-order valence-electron chi connectivity index (χ2n) is 30.0. The van der Waals surface area contributed by atoms with Crippen LogP contribution < -0.4 is 40.2 Å². The summed E-state index contributed by atoms with van der Waals surface area (Å²) in [7, 11) is -3.13. The minimum absolute atomic E-state index is 0. The van der Waals surface area contributed by atoms with Crippen LogP contribution in [0.5, 0.6) is 11.5 Å². The van der Waals surface area contributed by atoms with Crippen molar-refractivity contribution >= 4 is 68.8 Å². The van der Waals surface area contributed by atoms with Gasteiger partial charge in [-0.3, -0.25) is 0 Å². The van der Waals surface area contributed by atoms with Crippen LogP contribution in [0.2, 0.25) is 0 Å². The molecule has 0 aliphatic carbocycles. The van der Waals surface area contributed by atoms with Crippen molar-refractivity contribution < 1.29 is 32.7 Å². The van der Waals surface area contributed by atoms with Crippen molar-refractivity contribution in [3.05, 3.63) is 245 Å². The molecule has 4 heterocycles. The van der Waals surface area contributed by atoms with Gasteiger partial charge in [0.15, 0.2) is 0 Å². The molecule has 1 spiro atoms. The quantitative estimate of drug-likeness (QED) is 0.117. The van der Waals surface area contributed by atoms with Crippen LogP contribution in [0.3, 0.4) is 0 Å². The Hall–Kier alpha value is -7.76. The molecule has 460 valence electrons. The zero-order valence-electron chi connectivity index (χ0n) is 60.5. The molecule has 0 amide bonds. The van der Waals surface area contributed by atoms with E-state index in [2.05, 4.69) is 266 Å². The Labute approximate surface area is 559 Å². The first-order valence-corrected chi connectivity index (χ1v) is 33.4. The van der Waals surface area contributed by atoms with Gasteiger partial charge in [-0.15, -0.1) is 47.9 Å². The first-order chi connectivity index (χ1) is 44.1. The molecule has 7 heteroatoms. The number of hydrogen-bond donors (Lipinski definition) is 0. The first-order valence-electron chi connectivity index (χ1n) is 33.9. The number of benzene rings is 9. The summed E-state index contributed by atoms with van der Waals surface area (Å²) in [4.78, 5) is 11.8. The van der Waals surface area contributed by atoms with E-state index in [1.165, 1.54) is 59.7 Å². The second-order valence-corrected chi connectivity index (χ2v) is 33.6. The zero-order valence-corrected chi connectivity index (χ0v) is 58.8. The Balaban J connectivity index is 0.00000864. The molecule has 0 saturated carbocycles. The third-order valence-corrected chi connectivity index (χ3v) is 23.9. The molecule has 1 aromatic heterocycles. The van der Waals surface area contributed by atoms with E-state index in [1.54, 1.807) is 0 Å². The van der Waals surface area contributed by atoms with Gasteiger partial charge in [0.05, 0.1) is 6.85 Å². The number of pyridine rings is 1. The van der Waals surface area contributed by atoms with Gasteiger partial charge in [-0.1, -0.05) is 225 Å². The van der Waals surface area contributed by atoms with Crippen LogP contribution in [0.15, 0.2) is 182 Å². The molecule has 3 aliphatic heterocycles. The summed E-state index contributed by atoms with van der Waals surface area (Å²) in [5, 5.41) is 5.23. The molecule has 5 nitrogen and oxygen atoms in total. The van der Waals surface area contributed by atoms with Crippen molar-refractivity contribution in [2.75, 3.05) is 14.7 Å². The van der Waals surface area contributed by atoms with E-state index in [9.17, 15) is 2.74 Å². The van der Waals surface area contributed by atoms with Crippen LogP contribution >= 0.6 is 0 Å². The van der Waals surface area contributed by atoms with Gasteiger partial charge in [0.25, 0.3) is 0 Å². The molecule has 13 rings (SSSR count). The number of aromatic nitrogens is 1. The monoisotopic (exact) mass is 1380 g/mol. The van der Waals surface area contributed by atoms with Gasteiger partial charge in [0, 0.05) is 72.6 Å². The predicted molar refractivity (Wildman–Crippen MR) is 379 cm³/mol. The van der Waals surface area contributed by atoms with Crippen LogP contribution in [-0.2, 0) is 48.1 Å². The SMILES string of the molecule is [2H]c1c([2H])c([2H])c(-c2c(C)c(C)c(C)c(-c3cc(C(C)(C)C)cc(C(C)(C)C)c3)c2N2[CH-]N(c3[c-]c(Oc4[c-]c5c(cc4)[Si]4(c6ccc(C(C)(C)C)cc6-c6cc(C(C)(C)C)ccc64)c4ccccc4N5c4cc(C(C)(C)C)ccn4)ccc3)c3ccccc32)c([2H])c1[2H].[Pt]. The molecule has 3 aliphatic rings. The Morgan fingerprint density at radius 2 is 0.967 bits per heavy atom. The molecule has 0 atom stereocenters. The fourth-order valence-corrected chi connectivity index (χ4v) is 19.0. The van der Waals surface area contributed by atoms with Crippen molar-refractivity contribution in [2.45, 2.75) is 152 Å². The van der Waals surface area contributed by atoms with Crippen LogP contribution in [-0.4, -0.2) is 13.1 Å². The topological polar surface area (TPSA) is 31.8 Å². The molecule has 0 radical (unpaired) electrons. The standard InChI is InChI=1S/C83H85N4OSi.Pt/c1-52-53(2)76(55-27-20-19-21-28-55)78(77(54(52)3)56-43-60(82(13,14)15)45-61(44-56)83(16,17)18)86-51-85(67-31-22-23-32-68(67)86)62-29-26-30-63(49-62)88-64-37-40-74-70(50-64)87(75-48-59(41-42-84-75)81(10,11)12)69-33-24-25-34-73(69)89(74)71-38-35-57(79(4,5)6)46-65(71)66-47-58(80(7,8)9)36-39-72(66)89;/h19-48,51H,1-18H3;/q-3;/i19D,20D,21D,27D,28D;. The summed E-state index contributed by atoms with van der Waals surface area (Å²) in [6.07, 6.45) is 1.93. The normalized spacial score (nSPS) is 15.0. The van der Waals surface area contributed by atoms with Crippen molar-refractivity contribution in [1.82, 2.24) is 4.98 Å². The molecule has 0 unspecified atom stereocenters. The van der Waals surface area contributed by atoms with Gasteiger partial charge in [-0.05, 0) is 160 Å². The molecule has 90 heavy (non-hydrogen) atoms. The van der Waals surface area contributed by atoms with Crippen LogP contribution in [0.25, 0.3) is 33.4 Å². The maximum atomic E-state index is 9.59. The summed E-state index contributed by atoms with van der Waals surface area (Å²) >= 11 is 0. The molecule has 10 aromatic rings. The van der Waals surface area contributed by atoms with Crippen LogP contribution in [0.1, 0.15) is 155 Å². The van der Waals surface area contributed by atoms with E-state index in [4.69, 9.17) is 13.8 Å². The number of hydrogen-bond acceptors (Lipinski definition) is 5. The maximum absolute atomic E-state index is 9.59. The fourth-order valence-electron chi connectivity index (χ4n) is 13.6. The van der Waals surface area contributed by atoms with Crippen LogP contribution in [0.4, 0.5) is 39.9 Å². The van der Waals surface area contributed by atoms with Gasteiger partial charge in [0.1, 0.15) is 13.9 Å². The predicted octanol–water partition coefficient (Wildman–Crippen LogP) is 19.8. The van der Waals surface area contributed by atoms with E-state index in [0.29, 0.717) is 28.4 Å². The number of fused-ring (bicyclic) bond motifs is 10. The molecule has 0 fully saturated rings. The minimum Gasteiger partial charge on any atom is -0.509 e. The molecular weight excluding hydrogens is 1290 g/mol. The van der Waals surface area contributed by atoms with Crippen molar-refractivity contribution in [3.63, 3.8) is 0 Å².